The fourth-order valence-electron chi connectivity index (χ4n) is 2.51. The van der Waals surface area contributed by atoms with Crippen LogP contribution < -0.4 is 9.47 Å². The van der Waals surface area contributed by atoms with Gasteiger partial charge in [-0.1, -0.05) is 30.3 Å². The molecule has 0 unspecified atom stereocenters. The van der Waals surface area contributed by atoms with Crippen molar-refractivity contribution in [2.45, 2.75) is 39.9 Å². The van der Waals surface area contributed by atoms with Crippen LogP contribution in [0.15, 0.2) is 60.7 Å². The molecule has 3 aromatic rings. The molecule has 6 nitrogen and oxygen atoms in total. The molecule has 0 radical (unpaired) electrons. The second-order valence-corrected chi connectivity index (χ2v) is 7.37. The third-order valence-electron chi connectivity index (χ3n) is 3.71. The molecule has 1 heterocycles. The molecule has 0 atom stereocenters. The van der Waals surface area contributed by atoms with Gasteiger partial charge in [-0.3, -0.25) is 0 Å². The molecular formula is C22H24N2O4. The summed E-state index contributed by atoms with van der Waals surface area (Å²) in [6, 6.07) is 19.1. The van der Waals surface area contributed by atoms with Crippen LogP contribution in [-0.2, 0) is 11.3 Å². The fraction of sp³-hybridized carbons (Fsp3) is 0.273. The van der Waals surface area contributed by atoms with Crippen molar-refractivity contribution in [2.75, 3.05) is 0 Å². The van der Waals surface area contributed by atoms with E-state index in [1.54, 1.807) is 31.5 Å². The van der Waals surface area contributed by atoms with Crippen molar-refractivity contribution in [2.24, 2.45) is 0 Å². The van der Waals surface area contributed by atoms with Crippen molar-refractivity contribution in [1.82, 2.24) is 9.78 Å². The lowest BCUT2D eigenvalue weighted by molar-refractivity contribution is 0.0192. The van der Waals surface area contributed by atoms with E-state index in [9.17, 15) is 4.79 Å². The Kier molecular flexibility index (Phi) is 5.68. The number of aromatic nitrogens is 2. The van der Waals surface area contributed by atoms with E-state index in [1.165, 1.54) is 0 Å². The first-order valence-electron chi connectivity index (χ1n) is 9.05. The summed E-state index contributed by atoms with van der Waals surface area (Å²) in [5, 5.41) is 4.40. The molecule has 0 N–H and O–H groups in total. The molecule has 0 bridgehead atoms. The second-order valence-electron chi connectivity index (χ2n) is 7.37. The molecule has 0 saturated heterocycles. The lowest BCUT2D eigenvalue weighted by Crippen LogP contribution is -2.26. The van der Waals surface area contributed by atoms with E-state index in [-0.39, 0.29) is 0 Å². The van der Waals surface area contributed by atoms with Gasteiger partial charge in [-0.05, 0) is 57.5 Å². The van der Waals surface area contributed by atoms with Gasteiger partial charge in [-0.2, -0.15) is 5.10 Å². The number of carbonyl (C=O) groups excluding carboxylic acids is 1. The minimum absolute atomic E-state index is 0.296. The van der Waals surface area contributed by atoms with Crippen molar-refractivity contribution < 1.29 is 19.0 Å². The van der Waals surface area contributed by atoms with Crippen molar-refractivity contribution in [3.05, 3.63) is 71.9 Å². The molecule has 6 heteroatoms. The number of carbonyl (C=O) groups is 1. The van der Waals surface area contributed by atoms with Gasteiger partial charge in [0, 0.05) is 6.07 Å². The first-order chi connectivity index (χ1) is 13.3. The van der Waals surface area contributed by atoms with Crippen LogP contribution in [-0.4, -0.2) is 21.5 Å². The Morgan fingerprint density at radius 2 is 1.71 bits per heavy atom. The van der Waals surface area contributed by atoms with Gasteiger partial charge in [0.15, 0.2) is 0 Å². The second kappa shape index (κ2) is 8.17. The molecule has 1 aromatic heterocycles. The zero-order chi connectivity index (χ0) is 20.1. The Labute approximate surface area is 164 Å². The predicted molar refractivity (Wildman–Crippen MR) is 106 cm³/mol. The molecule has 146 valence electrons. The van der Waals surface area contributed by atoms with Gasteiger partial charge in [-0.25, -0.2) is 9.48 Å². The van der Waals surface area contributed by atoms with Crippen LogP contribution in [0.5, 0.6) is 11.6 Å². The molecule has 3 rings (SSSR count). The molecule has 0 aliphatic rings. The molecule has 28 heavy (non-hydrogen) atoms. The number of ether oxygens (including phenoxy) is 3. The SMILES string of the molecule is Cc1cc(OC(=O)OC(C)(C)C)n(-c2ccc(OCc3ccccc3)cc2)n1. The van der Waals surface area contributed by atoms with Crippen LogP contribution >= 0.6 is 0 Å². The van der Waals surface area contributed by atoms with Crippen molar-refractivity contribution in [3.63, 3.8) is 0 Å². The van der Waals surface area contributed by atoms with E-state index in [4.69, 9.17) is 14.2 Å². The van der Waals surface area contributed by atoms with E-state index in [0.29, 0.717) is 12.5 Å². The van der Waals surface area contributed by atoms with Gasteiger partial charge in [0.2, 0.25) is 5.88 Å². The van der Waals surface area contributed by atoms with Crippen LogP contribution in [0.25, 0.3) is 5.69 Å². The van der Waals surface area contributed by atoms with E-state index in [2.05, 4.69) is 5.10 Å². The molecule has 0 fully saturated rings. The van der Waals surface area contributed by atoms with E-state index >= 15 is 0 Å². The Balaban J connectivity index is 1.70. The number of benzene rings is 2. The zero-order valence-corrected chi connectivity index (χ0v) is 16.5. The maximum atomic E-state index is 12.0. The number of hydrogen-bond acceptors (Lipinski definition) is 5. The molecule has 0 saturated carbocycles. The topological polar surface area (TPSA) is 62.6 Å². The van der Waals surface area contributed by atoms with Gasteiger partial charge >= 0.3 is 6.16 Å². The lowest BCUT2D eigenvalue weighted by Gasteiger charge is -2.18. The van der Waals surface area contributed by atoms with Gasteiger partial charge in [0.1, 0.15) is 18.0 Å². The summed E-state index contributed by atoms with van der Waals surface area (Å²) in [6.07, 6.45) is -0.767. The summed E-state index contributed by atoms with van der Waals surface area (Å²) in [5.74, 6) is 1.04. The highest BCUT2D eigenvalue weighted by Crippen LogP contribution is 2.23. The first-order valence-corrected chi connectivity index (χ1v) is 9.05. The minimum atomic E-state index is -0.767. The standard InChI is InChI=1S/C22H24N2O4/c1-16-14-20(27-21(25)28-22(2,3)4)24(23-16)18-10-12-19(13-11-18)26-15-17-8-6-5-7-9-17/h5-14H,15H2,1-4H3. The Hall–Kier alpha value is -3.28. The Morgan fingerprint density at radius 1 is 1.04 bits per heavy atom. The average Bonchev–Trinajstić information content (AvgIpc) is 2.99. The third kappa shape index (κ3) is 5.36. The summed E-state index contributed by atoms with van der Waals surface area (Å²) in [7, 11) is 0. The van der Waals surface area contributed by atoms with Crippen LogP contribution in [0.3, 0.4) is 0 Å². The molecule has 0 spiro atoms. The van der Waals surface area contributed by atoms with Crippen molar-refractivity contribution in [1.29, 1.82) is 0 Å². The van der Waals surface area contributed by atoms with Gasteiger partial charge < -0.3 is 14.2 Å². The molecule has 0 amide bonds. The monoisotopic (exact) mass is 380 g/mol. The molecule has 2 aromatic carbocycles. The van der Waals surface area contributed by atoms with Crippen molar-refractivity contribution >= 4 is 6.16 Å². The van der Waals surface area contributed by atoms with E-state index in [0.717, 1.165) is 22.7 Å². The third-order valence-corrected chi connectivity index (χ3v) is 3.71. The quantitative estimate of drug-likeness (QED) is 0.578. The zero-order valence-electron chi connectivity index (χ0n) is 16.5. The first kappa shape index (κ1) is 19.5. The molecule has 0 aliphatic heterocycles. The summed E-state index contributed by atoms with van der Waals surface area (Å²) >= 11 is 0. The number of rotatable bonds is 5. The summed E-state index contributed by atoms with van der Waals surface area (Å²) in [5.41, 5.74) is 1.94. The highest BCUT2D eigenvalue weighted by atomic mass is 16.7. The average molecular weight is 380 g/mol. The number of nitrogens with zero attached hydrogens (tertiary/aromatic N) is 2. The van der Waals surface area contributed by atoms with E-state index in [1.807, 2.05) is 61.5 Å². The molecular weight excluding hydrogens is 356 g/mol. The van der Waals surface area contributed by atoms with Crippen molar-refractivity contribution in [3.8, 4) is 17.3 Å². The van der Waals surface area contributed by atoms with Gasteiger partial charge in [0.05, 0.1) is 11.4 Å². The summed E-state index contributed by atoms with van der Waals surface area (Å²) < 4.78 is 17.9. The van der Waals surface area contributed by atoms with Crippen LogP contribution in [0, 0.1) is 6.92 Å². The van der Waals surface area contributed by atoms with E-state index < -0.39 is 11.8 Å². The number of hydrogen-bond donors (Lipinski definition) is 0. The summed E-state index contributed by atoms with van der Waals surface area (Å²) in [6.45, 7) is 7.67. The lowest BCUT2D eigenvalue weighted by atomic mass is 10.2. The van der Waals surface area contributed by atoms with Crippen LogP contribution in [0.4, 0.5) is 4.79 Å². The minimum Gasteiger partial charge on any atom is -0.489 e. The largest absolute Gasteiger partial charge is 0.515 e. The number of aryl methyl sites for hydroxylation is 1. The van der Waals surface area contributed by atoms with Crippen LogP contribution in [0.1, 0.15) is 32.0 Å². The normalized spacial score (nSPS) is 11.1. The van der Waals surface area contributed by atoms with Gasteiger partial charge in [-0.15, -0.1) is 0 Å². The molecule has 0 aliphatic carbocycles. The highest BCUT2D eigenvalue weighted by molar-refractivity contribution is 5.64. The summed E-state index contributed by atoms with van der Waals surface area (Å²) in [4.78, 5) is 12.0. The maximum absolute atomic E-state index is 12.0. The van der Waals surface area contributed by atoms with Crippen LogP contribution in [0.2, 0.25) is 0 Å². The predicted octanol–water partition coefficient (Wildman–Crippen LogP) is 5.07. The Morgan fingerprint density at radius 3 is 2.36 bits per heavy atom. The Bertz CT molecular complexity index is 925. The van der Waals surface area contributed by atoms with Gasteiger partial charge in [0.25, 0.3) is 0 Å². The highest BCUT2D eigenvalue weighted by Gasteiger charge is 2.20. The smallest absolute Gasteiger partial charge is 0.489 e. The fourth-order valence-corrected chi connectivity index (χ4v) is 2.51. The maximum Gasteiger partial charge on any atom is 0.515 e.